The minimum atomic E-state index is -1.33. The van der Waals surface area contributed by atoms with Crippen molar-refractivity contribution in [2.75, 3.05) is 18.5 Å². The van der Waals surface area contributed by atoms with E-state index in [1.165, 1.54) is 61.0 Å². The zero-order valence-corrected chi connectivity index (χ0v) is 20.5. The Labute approximate surface area is 171 Å². The van der Waals surface area contributed by atoms with Crippen molar-refractivity contribution in [3.05, 3.63) is 0 Å². The molecule has 0 N–H and O–H groups in total. The van der Waals surface area contributed by atoms with Crippen molar-refractivity contribution in [1.82, 2.24) is 0 Å². The summed E-state index contributed by atoms with van der Waals surface area (Å²) in [7, 11) is 0. The molecule has 2 nitrogen and oxygen atoms in total. The number of thioether (sulfide) groups is 2. The maximum absolute atomic E-state index is 9.65. The van der Waals surface area contributed by atoms with Gasteiger partial charge in [0.05, 0.1) is 12.1 Å². The first-order chi connectivity index (χ1) is 12.1. The number of hydrogen-bond acceptors (Lipinski definition) is 4. The Hall–Kier alpha value is -0.0200. The SMILES string of the molecule is CCCCP(CCCC)(CCCC)=C(SC(C)(C)C#N)SC(C)(C)C#N. The number of hydrogen-bond donors (Lipinski definition) is 0. The highest BCUT2D eigenvalue weighted by Crippen LogP contribution is 2.59. The summed E-state index contributed by atoms with van der Waals surface area (Å²) < 4.78 is 0.555. The monoisotopic (exact) mass is 414 g/mol. The number of nitrogens with zero attached hydrogens (tertiary/aromatic N) is 2. The quantitative estimate of drug-likeness (QED) is 0.292. The molecule has 0 aromatic carbocycles. The Bertz CT molecular complexity index is 495. The van der Waals surface area contributed by atoms with Crippen LogP contribution in [0, 0.1) is 22.7 Å². The molecular weight excluding hydrogens is 375 g/mol. The van der Waals surface area contributed by atoms with Gasteiger partial charge in [-0.2, -0.15) is 10.5 Å². The summed E-state index contributed by atoms with van der Waals surface area (Å²) in [4.78, 5) is 0. The van der Waals surface area contributed by atoms with Crippen LogP contribution in [0.3, 0.4) is 0 Å². The zero-order valence-electron chi connectivity index (χ0n) is 18.0. The molecule has 0 aliphatic rings. The molecular formula is C21H39N2PS2. The molecule has 0 saturated carbocycles. The van der Waals surface area contributed by atoms with E-state index in [0.29, 0.717) is 0 Å². The van der Waals surface area contributed by atoms with Crippen LogP contribution in [-0.4, -0.2) is 31.9 Å². The third-order valence-electron chi connectivity index (χ3n) is 4.43. The van der Waals surface area contributed by atoms with Gasteiger partial charge in [-0.25, -0.2) is 0 Å². The number of rotatable bonds is 13. The highest BCUT2D eigenvalue weighted by atomic mass is 32.2. The van der Waals surface area contributed by atoms with Gasteiger partial charge >= 0.3 is 0 Å². The summed E-state index contributed by atoms with van der Waals surface area (Å²) in [5.41, 5.74) is 0. The Morgan fingerprint density at radius 2 is 1.04 bits per heavy atom. The Balaban J connectivity index is 6.38. The second-order valence-corrected chi connectivity index (χ2v) is 16.3. The fourth-order valence-corrected chi connectivity index (χ4v) is 13.6. The van der Waals surface area contributed by atoms with Gasteiger partial charge in [0.1, 0.15) is 9.49 Å². The molecule has 0 aromatic rings. The van der Waals surface area contributed by atoms with Gasteiger partial charge in [-0.05, 0) is 65.4 Å². The van der Waals surface area contributed by atoms with Crippen LogP contribution in [0.2, 0.25) is 0 Å². The zero-order chi connectivity index (χ0) is 20.3. The van der Waals surface area contributed by atoms with Crippen molar-refractivity contribution in [3.63, 3.8) is 0 Å². The van der Waals surface area contributed by atoms with Crippen LogP contribution in [-0.2, 0) is 0 Å². The van der Waals surface area contributed by atoms with E-state index in [1.807, 2.05) is 27.7 Å². The first-order valence-electron chi connectivity index (χ1n) is 10.1. The summed E-state index contributed by atoms with van der Waals surface area (Å²) in [6.45, 7) is 13.6. The van der Waals surface area contributed by atoms with Crippen LogP contribution in [0.4, 0.5) is 0 Å². The van der Waals surface area contributed by atoms with Gasteiger partial charge in [0, 0.05) is 3.96 Å². The first kappa shape index (κ1) is 26.0. The molecule has 0 heterocycles. The molecule has 0 aliphatic carbocycles. The van der Waals surface area contributed by atoms with Gasteiger partial charge in [-0.15, -0.1) is 0 Å². The molecule has 0 unspecified atom stereocenters. The lowest BCUT2D eigenvalue weighted by molar-refractivity contribution is 0.845. The largest absolute Gasteiger partial charge is 0.197 e. The van der Waals surface area contributed by atoms with Gasteiger partial charge in [0.15, 0.2) is 0 Å². The molecule has 0 amide bonds. The second kappa shape index (κ2) is 12.4. The van der Waals surface area contributed by atoms with Gasteiger partial charge < -0.3 is 0 Å². The molecule has 26 heavy (non-hydrogen) atoms. The van der Waals surface area contributed by atoms with Crippen molar-refractivity contribution >= 4 is 34.4 Å². The topological polar surface area (TPSA) is 47.6 Å². The van der Waals surface area contributed by atoms with E-state index in [2.05, 4.69) is 32.9 Å². The normalized spacial score (nSPS) is 12.5. The van der Waals surface area contributed by atoms with Crippen LogP contribution in [0.5, 0.6) is 0 Å². The van der Waals surface area contributed by atoms with Crippen molar-refractivity contribution < 1.29 is 0 Å². The van der Waals surface area contributed by atoms with Gasteiger partial charge in [0.2, 0.25) is 0 Å². The summed E-state index contributed by atoms with van der Waals surface area (Å²) in [6.07, 6.45) is 11.2. The van der Waals surface area contributed by atoms with Crippen LogP contribution < -0.4 is 0 Å². The van der Waals surface area contributed by atoms with Crippen molar-refractivity contribution in [1.29, 1.82) is 10.5 Å². The van der Waals surface area contributed by atoms with E-state index in [1.54, 1.807) is 23.5 Å². The van der Waals surface area contributed by atoms with E-state index in [-0.39, 0.29) is 0 Å². The maximum Gasteiger partial charge on any atom is 0.102 e. The predicted molar refractivity (Wildman–Crippen MR) is 126 cm³/mol. The predicted octanol–water partition coefficient (Wildman–Crippen LogP) is 7.56. The fourth-order valence-electron chi connectivity index (χ4n) is 2.69. The molecule has 0 aliphatic heterocycles. The van der Waals surface area contributed by atoms with Crippen LogP contribution in [0.25, 0.3) is 0 Å². The van der Waals surface area contributed by atoms with E-state index < -0.39 is 16.4 Å². The van der Waals surface area contributed by atoms with Crippen LogP contribution in [0.15, 0.2) is 0 Å². The minimum absolute atomic E-state index is 0.441. The highest BCUT2D eigenvalue weighted by Gasteiger charge is 2.32. The standard InChI is InChI=1S/C21H39N2PS2/c1-8-11-14-24(15-12-9-2,16-13-10-3)19(25-20(4,5)17-22)26-21(6,7)18-23/h8-16H2,1-7H3. The Kier molecular flexibility index (Phi) is 12.4. The van der Waals surface area contributed by atoms with Crippen LogP contribution >= 0.6 is 30.4 Å². The van der Waals surface area contributed by atoms with Gasteiger partial charge in [0.25, 0.3) is 0 Å². The van der Waals surface area contributed by atoms with Crippen LogP contribution in [0.1, 0.15) is 87.0 Å². The second-order valence-electron chi connectivity index (χ2n) is 8.09. The molecule has 0 radical (unpaired) electrons. The highest BCUT2D eigenvalue weighted by molar-refractivity contribution is 8.46. The Morgan fingerprint density at radius 3 is 1.27 bits per heavy atom. The van der Waals surface area contributed by atoms with Crippen molar-refractivity contribution in [3.8, 4) is 12.1 Å². The summed E-state index contributed by atoms with van der Waals surface area (Å²) in [5, 5.41) is 19.3. The summed E-state index contributed by atoms with van der Waals surface area (Å²) in [5.74, 6) is 0. The summed E-state index contributed by atoms with van der Waals surface area (Å²) >= 11 is 3.53. The third kappa shape index (κ3) is 9.26. The molecule has 0 rings (SSSR count). The minimum Gasteiger partial charge on any atom is -0.197 e. The Morgan fingerprint density at radius 1 is 0.731 bits per heavy atom. The molecule has 150 valence electrons. The van der Waals surface area contributed by atoms with E-state index in [9.17, 15) is 10.5 Å². The smallest absolute Gasteiger partial charge is 0.102 e. The van der Waals surface area contributed by atoms with Crippen molar-refractivity contribution in [2.45, 2.75) is 96.5 Å². The average molecular weight is 415 g/mol. The molecule has 0 aromatic heterocycles. The molecule has 0 saturated heterocycles. The van der Waals surface area contributed by atoms with E-state index in [0.717, 1.165) is 0 Å². The lowest BCUT2D eigenvalue weighted by Gasteiger charge is -2.34. The summed E-state index contributed by atoms with van der Waals surface area (Å²) in [6, 6.07) is 4.96. The molecule has 0 atom stereocenters. The van der Waals surface area contributed by atoms with Gasteiger partial charge in [-0.3, -0.25) is 0 Å². The first-order valence-corrected chi connectivity index (χ1v) is 14.0. The molecule has 0 spiro atoms. The van der Waals surface area contributed by atoms with E-state index in [4.69, 9.17) is 0 Å². The number of unbranched alkanes of at least 4 members (excludes halogenated alkanes) is 3. The average Bonchev–Trinajstić information content (AvgIpc) is 2.60. The molecule has 5 heteroatoms. The lowest BCUT2D eigenvalue weighted by Crippen LogP contribution is -2.21. The fraction of sp³-hybridized carbons (Fsp3) is 0.857. The third-order valence-corrected chi connectivity index (χ3v) is 13.6. The van der Waals surface area contributed by atoms with Gasteiger partial charge in [-0.1, -0.05) is 70.4 Å². The molecule has 0 fully saturated rings. The maximum atomic E-state index is 9.65. The van der Waals surface area contributed by atoms with E-state index >= 15 is 0 Å². The molecule has 0 bridgehead atoms. The van der Waals surface area contributed by atoms with Crippen molar-refractivity contribution in [2.24, 2.45) is 0 Å². The number of nitriles is 2. The lowest BCUT2D eigenvalue weighted by atomic mass is 10.2.